The van der Waals surface area contributed by atoms with Crippen molar-refractivity contribution in [3.63, 3.8) is 0 Å². The van der Waals surface area contributed by atoms with Gasteiger partial charge < -0.3 is 10.2 Å². The Hall–Kier alpha value is -3.35. The Bertz CT molecular complexity index is 1060. The van der Waals surface area contributed by atoms with Crippen LogP contribution in [-0.2, 0) is 4.79 Å². The molecule has 1 heterocycles. The van der Waals surface area contributed by atoms with E-state index in [1.54, 1.807) is 0 Å². The molecule has 190 valence electrons. The van der Waals surface area contributed by atoms with Crippen LogP contribution in [0.4, 0.5) is 11.4 Å². The molecular weight excluding hydrogens is 446 g/mol. The number of rotatable bonds is 10. The average Bonchev–Trinajstić information content (AvgIpc) is 2.93. The molecule has 0 aromatic heterocycles. The molecule has 3 aromatic carbocycles. The van der Waals surface area contributed by atoms with Gasteiger partial charge in [-0.05, 0) is 42.7 Å². The standard InChI is InChI=1S/C30H39N5O/c1-4-31-27-17-16-26(23(3)30(36)33-32-5-2)22-28(27)34-18-20-35(21-19-34)29(24-12-8-6-9-13-24)25-14-10-7-11-15-25/h6-17,22-23,29,31-32H,4-5,18-21H2,1-3H3,(H,33,36). The molecule has 1 saturated heterocycles. The second-order valence-corrected chi connectivity index (χ2v) is 9.30. The zero-order chi connectivity index (χ0) is 25.3. The number of carbonyl (C=O) groups is 1. The van der Waals surface area contributed by atoms with Gasteiger partial charge >= 0.3 is 0 Å². The Labute approximate surface area is 215 Å². The van der Waals surface area contributed by atoms with Crippen molar-refractivity contribution in [1.82, 2.24) is 15.8 Å². The van der Waals surface area contributed by atoms with E-state index in [1.165, 1.54) is 16.8 Å². The van der Waals surface area contributed by atoms with Gasteiger partial charge in [-0.2, -0.15) is 0 Å². The van der Waals surface area contributed by atoms with E-state index in [9.17, 15) is 4.79 Å². The molecule has 1 atom stereocenters. The third kappa shape index (κ3) is 6.07. The first-order chi connectivity index (χ1) is 17.6. The quantitative estimate of drug-likeness (QED) is 0.361. The van der Waals surface area contributed by atoms with E-state index < -0.39 is 0 Å². The van der Waals surface area contributed by atoms with E-state index >= 15 is 0 Å². The minimum atomic E-state index is -0.236. The van der Waals surface area contributed by atoms with Gasteiger partial charge in [0.1, 0.15) is 0 Å². The molecule has 3 N–H and O–H groups in total. The summed E-state index contributed by atoms with van der Waals surface area (Å²) in [4.78, 5) is 17.6. The third-order valence-electron chi connectivity index (χ3n) is 6.92. The third-order valence-corrected chi connectivity index (χ3v) is 6.92. The van der Waals surface area contributed by atoms with Crippen LogP contribution in [-0.4, -0.2) is 50.1 Å². The molecule has 0 bridgehead atoms. The molecule has 6 nitrogen and oxygen atoms in total. The number of nitrogens with one attached hydrogen (secondary N) is 3. The zero-order valence-electron chi connectivity index (χ0n) is 21.7. The van der Waals surface area contributed by atoms with Gasteiger partial charge in [-0.15, -0.1) is 0 Å². The van der Waals surface area contributed by atoms with Gasteiger partial charge in [0, 0.05) is 39.3 Å². The maximum absolute atomic E-state index is 12.6. The normalized spacial score (nSPS) is 15.1. The monoisotopic (exact) mass is 485 g/mol. The van der Waals surface area contributed by atoms with Crippen molar-refractivity contribution < 1.29 is 4.79 Å². The highest BCUT2D eigenvalue weighted by atomic mass is 16.2. The molecule has 0 aliphatic carbocycles. The summed E-state index contributed by atoms with van der Waals surface area (Å²) in [5, 5.41) is 3.52. The molecule has 1 unspecified atom stereocenters. The van der Waals surface area contributed by atoms with Crippen LogP contribution >= 0.6 is 0 Å². The lowest BCUT2D eigenvalue weighted by Gasteiger charge is -2.41. The number of hydrazine groups is 1. The summed E-state index contributed by atoms with van der Waals surface area (Å²) in [5.74, 6) is -0.252. The Morgan fingerprint density at radius 2 is 1.42 bits per heavy atom. The van der Waals surface area contributed by atoms with Crippen LogP contribution in [0.5, 0.6) is 0 Å². The summed E-state index contributed by atoms with van der Waals surface area (Å²) >= 11 is 0. The van der Waals surface area contributed by atoms with Crippen molar-refractivity contribution in [3.05, 3.63) is 95.6 Å². The highest BCUT2D eigenvalue weighted by molar-refractivity contribution is 5.84. The van der Waals surface area contributed by atoms with E-state index in [2.05, 4.69) is 112 Å². The fourth-order valence-corrected chi connectivity index (χ4v) is 4.96. The van der Waals surface area contributed by atoms with Gasteiger partial charge in [0.15, 0.2) is 0 Å². The van der Waals surface area contributed by atoms with Crippen molar-refractivity contribution in [2.75, 3.05) is 49.5 Å². The Morgan fingerprint density at radius 1 is 0.806 bits per heavy atom. The number of anilines is 2. The second-order valence-electron chi connectivity index (χ2n) is 9.30. The van der Waals surface area contributed by atoms with Gasteiger partial charge in [0.25, 0.3) is 0 Å². The molecule has 1 aliphatic rings. The number of hydrogen-bond acceptors (Lipinski definition) is 5. The molecule has 1 fully saturated rings. The van der Waals surface area contributed by atoms with E-state index in [-0.39, 0.29) is 17.9 Å². The lowest BCUT2D eigenvalue weighted by atomic mass is 9.96. The molecular formula is C30H39N5O. The lowest BCUT2D eigenvalue weighted by Crippen LogP contribution is -2.48. The summed E-state index contributed by atoms with van der Waals surface area (Å²) in [5.41, 5.74) is 11.7. The van der Waals surface area contributed by atoms with Crippen LogP contribution in [0, 0.1) is 0 Å². The van der Waals surface area contributed by atoms with E-state index in [0.717, 1.165) is 44.0 Å². The molecule has 6 heteroatoms. The van der Waals surface area contributed by atoms with E-state index in [4.69, 9.17) is 0 Å². The first-order valence-corrected chi connectivity index (χ1v) is 13.1. The van der Waals surface area contributed by atoms with Crippen LogP contribution in [0.25, 0.3) is 0 Å². The smallest absolute Gasteiger partial charge is 0.241 e. The van der Waals surface area contributed by atoms with E-state index in [1.807, 2.05) is 13.8 Å². The van der Waals surface area contributed by atoms with Crippen LogP contribution in [0.1, 0.15) is 49.4 Å². The van der Waals surface area contributed by atoms with Gasteiger partial charge in [0.05, 0.1) is 23.3 Å². The van der Waals surface area contributed by atoms with Crippen LogP contribution < -0.4 is 21.1 Å². The first-order valence-electron chi connectivity index (χ1n) is 13.1. The largest absolute Gasteiger partial charge is 0.384 e. The summed E-state index contributed by atoms with van der Waals surface area (Å²) in [6, 6.07) is 28.2. The Balaban J connectivity index is 1.54. The molecule has 0 radical (unpaired) electrons. The molecule has 3 aromatic rings. The highest BCUT2D eigenvalue weighted by Gasteiger charge is 2.28. The maximum atomic E-state index is 12.6. The molecule has 36 heavy (non-hydrogen) atoms. The zero-order valence-corrected chi connectivity index (χ0v) is 21.7. The summed E-state index contributed by atoms with van der Waals surface area (Å²) < 4.78 is 0. The van der Waals surface area contributed by atoms with Gasteiger partial charge in [-0.25, -0.2) is 5.43 Å². The van der Waals surface area contributed by atoms with Crippen molar-refractivity contribution in [2.45, 2.75) is 32.7 Å². The van der Waals surface area contributed by atoms with Gasteiger partial charge in [-0.3, -0.25) is 15.1 Å². The summed E-state index contributed by atoms with van der Waals surface area (Å²) in [7, 11) is 0. The maximum Gasteiger partial charge on any atom is 0.241 e. The second kappa shape index (κ2) is 12.6. The minimum absolute atomic E-state index is 0.0163. The molecule has 0 spiro atoms. The first kappa shape index (κ1) is 25.7. The number of nitrogens with zero attached hydrogens (tertiary/aromatic N) is 2. The van der Waals surface area contributed by atoms with Crippen LogP contribution in [0.2, 0.25) is 0 Å². The Morgan fingerprint density at radius 3 is 1.97 bits per heavy atom. The van der Waals surface area contributed by atoms with Gasteiger partial charge in [0.2, 0.25) is 5.91 Å². The van der Waals surface area contributed by atoms with Crippen molar-refractivity contribution >= 4 is 17.3 Å². The van der Waals surface area contributed by atoms with Crippen molar-refractivity contribution in [2.24, 2.45) is 0 Å². The molecule has 0 saturated carbocycles. The van der Waals surface area contributed by atoms with Crippen molar-refractivity contribution in [1.29, 1.82) is 0 Å². The fraction of sp³-hybridized carbons (Fsp3) is 0.367. The fourth-order valence-electron chi connectivity index (χ4n) is 4.96. The van der Waals surface area contributed by atoms with Gasteiger partial charge in [-0.1, -0.05) is 73.7 Å². The number of hydrogen-bond donors (Lipinski definition) is 3. The minimum Gasteiger partial charge on any atom is -0.384 e. The SMILES string of the molecule is CCNNC(=O)C(C)c1ccc(NCC)c(N2CCN(C(c3ccccc3)c3ccccc3)CC2)c1. The predicted octanol–water partition coefficient (Wildman–Crippen LogP) is 4.77. The number of piperazine rings is 1. The summed E-state index contributed by atoms with van der Waals surface area (Å²) in [6.07, 6.45) is 0. The van der Waals surface area contributed by atoms with Crippen LogP contribution in [0.15, 0.2) is 78.9 Å². The summed E-state index contributed by atoms with van der Waals surface area (Å²) in [6.45, 7) is 11.4. The number of carbonyl (C=O) groups excluding carboxylic acids is 1. The van der Waals surface area contributed by atoms with Crippen molar-refractivity contribution in [3.8, 4) is 0 Å². The molecule has 1 aliphatic heterocycles. The molecule has 1 amide bonds. The number of benzene rings is 3. The topological polar surface area (TPSA) is 59.6 Å². The average molecular weight is 486 g/mol. The van der Waals surface area contributed by atoms with Crippen LogP contribution in [0.3, 0.4) is 0 Å². The molecule has 4 rings (SSSR count). The highest BCUT2D eigenvalue weighted by Crippen LogP contribution is 2.34. The predicted molar refractivity (Wildman–Crippen MR) is 149 cm³/mol. The number of amides is 1. The van der Waals surface area contributed by atoms with E-state index in [0.29, 0.717) is 6.54 Å². The lowest BCUT2D eigenvalue weighted by molar-refractivity contribution is -0.123. The Kier molecular flexibility index (Phi) is 8.98.